The molecule has 0 aliphatic rings. The average Bonchev–Trinajstić information content (AvgIpc) is 2.56. The molecule has 8 heteroatoms. The standard InChI is InChI=1S/C18H31NO4S2Si/c1-17-7-9-18(10-8-17)24(21)14-12-19(11-5-6-13-20)25(22,23)15-16-26(2,3)4/h7-10,12,14,20H,5-6,11,13,15-16H2,1-4H3/b14-12+. The van der Waals surface area contributed by atoms with Crippen LogP contribution in [-0.4, -0.2) is 49.0 Å². The maximum atomic E-state index is 12.7. The van der Waals surface area contributed by atoms with Gasteiger partial charge in [0.05, 0.1) is 16.6 Å². The summed E-state index contributed by atoms with van der Waals surface area (Å²) in [5.41, 5.74) is 1.08. The van der Waals surface area contributed by atoms with Gasteiger partial charge in [-0.3, -0.25) is 4.31 Å². The molecule has 0 amide bonds. The first-order chi connectivity index (χ1) is 12.0. The molecule has 148 valence electrons. The van der Waals surface area contributed by atoms with Gasteiger partial charge in [0.1, 0.15) is 0 Å². The zero-order chi connectivity index (χ0) is 19.8. The predicted molar refractivity (Wildman–Crippen MR) is 112 cm³/mol. The summed E-state index contributed by atoms with van der Waals surface area (Å²) < 4.78 is 39.1. The first-order valence-corrected chi connectivity index (χ1v) is 15.3. The third kappa shape index (κ3) is 8.61. The van der Waals surface area contributed by atoms with Gasteiger partial charge in [0, 0.05) is 37.7 Å². The summed E-state index contributed by atoms with van der Waals surface area (Å²) in [5.74, 6) is 0.101. The lowest BCUT2D eigenvalue weighted by atomic mass is 10.2. The number of aliphatic hydroxyl groups is 1. The minimum Gasteiger partial charge on any atom is -0.396 e. The Morgan fingerprint density at radius 2 is 1.77 bits per heavy atom. The van der Waals surface area contributed by atoms with Crippen molar-refractivity contribution >= 4 is 28.9 Å². The number of aryl methyl sites for hydroxylation is 1. The second-order valence-electron chi connectivity index (χ2n) is 7.56. The Hall–Kier alpha value is -0.963. The molecule has 1 aromatic carbocycles. The van der Waals surface area contributed by atoms with Gasteiger partial charge in [-0.15, -0.1) is 0 Å². The fourth-order valence-electron chi connectivity index (χ4n) is 2.11. The zero-order valence-corrected chi connectivity index (χ0v) is 18.8. The summed E-state index contributed by atoms with van der Waals surface area (Å²) >= 11 is 0. The van der Waals surface area contributed by atoms with Crippen molar-refractivity contribution in [1.29, 1.82) is 0 Å². The molecule has 5 nitrogen and oxygen atoms in total. The van der Waals surface area contributed by atoms with E-state index in [9.17, 15) is 12.6 Å². The maximum Gasteiger partial charge on any atom is 0.234 e. The van der Waals surface area contributed by atoms with E-state index in [0.717, 1.165) is 5.56 Å². The summed E-state index contributed by atoms with van der Waals surface area (Å²) in [6.45, 7) is 8.69. The summed E-state index contributed by atoms with van der Waals surface area (Å²) in [7, 11) is -6.34. The van der Waals surface area contributed by atoms with E-state index in [1.807, 2.05) is 19.1 Å². The Kier molecular flexibility index (Phi) is 9.22. The molecule has 1 rings (SSSR count). The molecular formula is C18H31NO4S2Si. The Balaban J connectivity index is 2.90. The number of benzene rings is 1. The van der Waals surface area contributed by atoms with Gasteiger partial charge >= 0.3 is 0 Å². The largest absolute Gasteiger partial charge is 0.396 e. The lowest BCUT2D eigenvalue weighted by Crippen LogP contribution is -2.33. The van der Waals surface area contributed by atoms with E-state index in [0.29, 0.717) is 23.8 Å². The number of unbranched alkanes of at least 4 members (excludes halogenated alkanes) is 1. The highest BCUT2D eigenvalue weighted by molar-refractivity contribution is 7.89. The van der Waals surface area contributed by atoms with Crippen LogP contribution in [0, 0.1) is 6.92 Å². The van der Waals surface area contributed by atoms with Crippen LogP contribution in [-0.2, 0) is 20.8 Å². The number of aliphatic hydroxyl groups excluding tert-OH is 1. The highest BCUT2D eigenvalue weighted by atomic mass is 32.2. The van der Waals surface area contributed by atoms with Crippen LogP contribution in [0.25, 0.3) is 0 Å². The highest BCUT2D eigenvalue weighted by Gasteiger charge is 2.23. The normalized spacial score (nSPS) is 13.9. The number of sulfonamides is 1. The molecule has 1 unspecified atom stereocenters. The molecule has 0 bridgehead atoms. The van der Waals surface area contributed by atoms with E-state index in [1.54, 1.807) is 12.1 Å². The average molecular weight is 418 g/mol. The second kappa shape index (κ2) is 10.4. The van der Waals surface area contributed by atoms with E-state index in [-0.39, 0.29) is 18.9 Å². The van der Waals surface area contributed by atoms with Crippen LogP contribution in [0.1, 0.15) is 18.4 Å². The summed E-state index contributed by atoms with van der Waals surface area (Å²) in [6, 6.07) is 8.01. The van der Waals surface area contributed by atoms with E-state index < -0.39 is 28.9 Å². The predicted octanol–water partition coefficient (Wildman–Crippen LogP) is 3.32. The van der Waals surface area contributed by atoms with Gasteiger partial charge in [-0.25, -0.2) is 12.6 Å². The highest BCUT2D eigenvalue weighted by Crippen LogP contribution is 2.15. The van der Waals surface area contributed by atoms with Crippen LogP contribution in [0.4, 0.5) is 0 Å². The van der Waals surface area contributed by atoms with Crippen molar-refractivity contribution in [3.8, 4) is 0 Å². The van der Waals surface area contributed by atoms with Crippen LogP contribution in [0.5, 0.6) is 0 Å². The van der Waals surface area contributed by atoms with Crippen LogP contribution < -0.4 is 0 Å². The smallest absolute Gasteiger partial charge is 0.234 e. The number of hydrogen-bond acceptors (Lipinski definition) is 4. The van der Waals surface area contributed by atoms with Gasteiger partial charge in [-0.2, -0.15) is 0 Å². The quantitative estimate of drug-likeness (QED) is 0.443. The maximum absolute atomic E-state index is 12.7. The lowest BCUT2D eigenvalue weighted by Gasteiger charge is -2.23. The van der Waals surface area contributed by atoms with Gasteiger partial charge in [0.15, 0.2) is 0 Å². The van der Waals surface area contributed by atoms with Crippen LogP contribution in [0.15, 0.2) is 40.8 Å². The minimum atomic E-state index is -3.46. The molecule has 0 fully saturated rings. The monoisotopic (exact) mass is 417 g/mol. The minimum absolute atomic E-state index is 0.0296. The van der Waals surface area contributed by atoms with Crippen molar-refractivity contribution in [2.24, 2.45) is 0 Å². The Morgan fingerprint density at radius 1 is 1.15 bits per heavy atom. The first kappa shape index (κ1) is 23.1. The van der Waals surface area contributed by atoms with Crippen molar-refractivity contribution in [2.75, 3.05) is 18.9 Å². The van der Waals surface area contributed by atoms with Gasteiger partial charge < -0.3 is 5.11 Å². The number of nitrogens with zero attached hydrogens (tertiary/aromatic N) is 1. The fraction of sp³-hybridized carbons (Fsp3) is 0.556. The summed E-state index contributed by atoms with van der Waals surface area (Å²) in [6.07, 6.45) is 2.52. The number of rotatable bonds is 11. The van der Waals surface area contributed by atoms with Crippen molar-refractivity contribution in [3.05, 3.63) is 41.4 Å². The van der Waals surface area contributed by atoms with Gasteiger partial charge in [0.25, 0.3) is 0 Å². The molecular weight excluding hydrogens is 386 g/mol. The van der Waals surface area contributed by atoms with Crippen LogP contribution in [0.3, 0.4) is 0 Å². The molecule has 1 aromatic rings. The Morgan fingerprint density at radius 3 is 2.31 bits per heavy atom. The van der Waals surface area contributed by atoms with E-state index in [2.05, 4.69) is 19.6 Å². The van der Waals surface area contributed by atoms with Crippen LogP contribution in [0.2, 0.25) is 25.7 Å². The molecule has 0 aromatic heterocycles. The SMILES string of the molecule is Cc1ccc(S(=O)/C=C/N(CCCCO)S(=O)(=O)CC[Si](C)(C)C)cc1. The topological polar surface area (TPSA) is 74.7 Å². The molecule has 0 spiro atoms. The third-order valence-electron chi connectivity index (χ3n) is 3.86. The Labute approximate surface area is 161 Å². The van der Waals surface area contributed by atoms with Gasteiger partial charge in [-0.05, 0) is 37.9 Å². The molecule has 26 heavy (non-hydrogen) atoms. The molecule has 0 radical (unpaired) electrons. The molecule has 0 saturated heterocycles. The summed E-state index contributed by atoms with van der Waals surface area (Å²) in [4.78, 5) is 0.640. The lowest BCUT2D eigenvalue weighted by molar-refractivity contribution is 0.280. The zero-order valence-electron chi connectivity index (χ0n) is 16.1. The fourth-order valence-corrected chi connectivity index (χ4v) is 7.38. The molecule has 1 atom stereocenters. The van der Waals surface area contributed by atoms with Crippen molar-refractivity contribution < 1.29 is 17.7 Å². The van der Waals surface area contributed by atoms with Crippen LogP contribution >= 0.6 is 0 Å². The third-order valence-corrected chi connectivity index (χ3v) is 8.81. The molecule has 0 aliphatic carbocycles. The van der Waals surface area contributed by atoms with E-state index in [1.165, 1.54) is 15.9 Å². The van der Waals surface area contributed by atoms with Crippen molar-refractivity contribution in [2.45, 2.75) is 50.3 Å². The number of hydrogen-bond donors (Lipinski definition) is 1. The van der Waals surface area contributed by atoms with E-state index >= 15 is 0 Å². The molecule has 1 N–H and O–H groups in total. The van der Waals surface area contributed by atoms with Gasteiger partial charge in [-0.1, -0.05) is 37.3 Å². The second-order valence-corrected chi connectivity index (χ2v) is 16.6. The summed E-state index contributed by atoms with van der Waals surface area (Å²) in [5, 5.41) is 10.4. The Bertz CT molecular complexity index is 710. The molecule has 0 heterocycles. The first-order valence-electron chi connectivity index (χ1n) is 8.81. The van der Waals surface area contributed by atoms with Crippen molar-refractivity contribution in [1.82, 2.24) is 4.31 Å². The van der Waals surface area contributed by atoms with Crippen molar-refractivity contribution in [3.63, 3.8) is 0 Å². The molecule has 0 aliphatic heterocycles. The molecule has 0 saturated carbocycles. The van der Waals surface area contributed by atoms with E-state index in [4.69, 9.17) is 5.11 Å². The van der Waals surface area contributed by atoms with Gasteiger partial charge in [0.2, 0.25) is 10.0 Å².